The van der Waals surface area contributed by atoms with Crippen molar-refractivity contribution in [3.8, 4) is 17.2 Å². The van der Waals surface area contributed by atoms with Crippen molar-refractivity contribution in [2.24, 2.45) is 0 Å². The van der Waals surface area contributed by atoms with Crippen molar-refractivity contribution in [1.82, 2.24) is 0 Å². The van der Waals surface area contributed by atoms with Crippen LogP contribution in [0.4, 0.5) is 0 Å². The number of carbonyl (C=O) groups is 1. The van der Waals surface area contributed by atoms with E-state index in [2.05, 4.69) is 0 Å². The van der Waals surface area contributed by atoms with Crippen LogP contribution in [0, 0.1) is 0 Å². The highest BCUT2D eigenvalue weighted by Crippen LogP contribution is 2.44. The van der Waals surface area contributed by atoms with Crippen LogP contribution in [0.15, 0.2) is 6.07 Å². The van der Waals surface area contributed by atoms with Gasteiger partial charge in [-0.05, 0) is 6.42 Å². The van der Waals surface area contributed by atoms with Gasteiger partial charge in [0.05, 0.1) is 12.1 Å². The van der Waals surface area contributed by atoms with Gasteiger partial charge in [0.2, 0.25) is 0 Å². The SMILES string of the molecule is COc1cc2c(c(CCC=O)c1Cl)OCCO2. The first kappa shape index (κ1) is 12.0. The minimum atomic E-state index is 0.392. The molecule has 17 heavy (non-hydrogen) atoms. The zero-order chi connectivity index (χ0) is 12.3. The molecule has 1 aromatic rings. The topological polar surface area (TPSA) is 44.8 Å². The molecule has 0 spiro atoms. The zero-order valence-electron chi connectivity index (χ0n) is 9.49. The number of hydrogen-bond donors (Lipinski definition) is 0. The maximum atomic E-state index is 10.5. The fourth-order valence-electron chi connectivity index (χ4n) is 1.78. The van der Waals surface area contributed by atoms with Gasteiger partial charge >= 0.3 is 0 Å². The van der Waals surface area contributed by atoms with Crippen LogP contribution in [-0.2, 0) is 11.2 Å². The number of methoxy groups -OCH3 is 1. The Labute approximate surface area is 104 Å². The predicted octanol–water partition coefficient (Wildman–Crippen LogP) is 2.25. The van der Waals surface area contributed by atoms with Gasteiger partial charge in [-0.3, -0.25) is 0 Å². The molecule has 0 fully saturated rings. The van der Waals surface area contributed by atoms with Gasteiger partial charge in [0.1, 0.15) is 25.2 Å². The molecule has 0 saturated heterocycles. The number of carbonyl (C=O) groups excluding carboxylic acids is 1. The van der Waals surface area contributed by atoms with Gasteiger partial charge in [-0.15, -0.1) is 0 Å². The molecule has 0 aliphatic carbocycles. The van der Waals surface area contributed by atoms with Crippen LogP contribution in [0.25, 0.3) is 0 Å². The van der Waals surface area contributed by atoms with E-state index in [1.165, 1.54) is 0 Å². The van der Waals surface area contributed by atoms with Crippen molar-refractivity contribution < 1.29 is 19.0 Å². The van der Waals surface area contributed by atoms with Crippen LogP contribution in [0.3, 0.4) is 0 Å². The second-order valence-electron chi connectivity index (χ2n) is 3.60. The van der Waals surface area contributed by atoms with Crippen molar-refractivity contribution in [2.75, 3.05) is 20.3 Å². The highest BCUT2D eigenvalue weighted by atomic mass is 35.5. The van der Waals surface area contributed by atoms with E-state index in [9.17, 15) is 4.79 Å². The summed E-state index contributed by atoms with van der Waals surface area (Å²) in [6.07, 6.45) is 1.76. The lowest BCUT2D eigenvalue weighted by atomic mass is 10.1. The molecule has 0 N–H and O–H groups in total. The maximum Gasteiger partial charge on any atom is 0.166 e. The van der Waals surface area contributed by atoms with Gasteiger partial charge in [-0.2, -0.15) is 0 Å². The van der Waals surface area contributed by atoms with Crippen molar-refractivity contribution >= 4 is 17.9 Å². The molecule has 1 heterocycles. The summed E-state index contributed by atoms with van der Waals surface area (Å²) >= 11 is 6.21. The standard InChI is InChI=1S/C12H13ClO4/c1-15-9-7-10-12(17-6-5-16-10)8(11(9)13)3-2-4-14/h4,7H,2-3,5-6H2,1H3. The van der Waals surface area contributed by atoms with E-state index in [4.69, 9.17) is 25.8 Å². The van der Waals surface area contributed by atoms with Gasteiger partial charge in [-0.1, -0.05) is 11.6 Å². The highest BCUT2D eigenvalue weighted by molar-refractivity contribution is 6.33. The van der Waals surface area contributed by atoms with E-state index in [1.807, 2.05) is 0 Å². The fraction of sp³-hybridized carbons (Fsp3) is 0.417. The van der Waals surface area contributed by atoms with Gasteiger partial charge in [-0.25, -0.2) is 0 Å². The van der Waals surface area contributed by atoms with Gasteiger partial charge in [0.15, 0.2) is 11.5 Å². The van der Waals surface area contributed by atoms with Gasteiger partial charge in [0.25, 0.3) is 0 Å². The molecule has 0 radical (unpaired) electrons. The van der Waals surface area contributed by atoms with Gasteiger partial charge in [0, 0.05) is 18.1 Å². The molecule has 0 bridgehead atoms. The first-order chi connectivity index (χ1) is 8.27. The largest absolute Gasteiger partial charge is 0.495 e. The predicted molar refractivity (Wildman–Crippen MR) is 63.4 cm³/mol. The molecular formula is C12H13ClO4. The second kappa shape index (κ2) is 5.27. The fourth-order valence-corrected chi connectivity index (χ4v) is 2.09. The Morgan fingerprint density at radius 1 is 1.47 bits per heavy atom. The Hall–Kier alpha value is -1.42. The van der Waals surface area contributed by atoms with Crippen LogP contribution < -0.4 is 14.2 Å². The lowest BCUT2D eigenvalue weighted by Gasteiger charge is -2.23. The summed E-state index contributed by atoms with van der Waals surface area (Å²) in [5, 5.41) is 0.485. The van der Waals surface area contributed by atoms with Crippen molar-refractivity contribution in [2.45, 2.75) is 12.8 Å². The van der Waals surface area contributed by atoms with E-state index >= 15 is 0 Å². The van der Waals surface area contributed by atoms with Gasteiger partial charge < -0.3 is 19.0 Å². The molecule has 0 amide bonds. The lowest BCUT2D eigenvalue weighted by Crippen LogP contribution is -2.17. The molecule has 5 heteroatoms. The Kier molecular flexibility index (Phi) is 3.74. The summed E-state index contributed by atoms with van der Waals surface area (Å²) in [6.45, 7) is 0.995. The summed E-state index contributed by atoms with van der Waals surface area (Å²) in [7, 11) is 1.54. The maximum absolute atomic E-state index is 10.5. The van der Waals surface area contributed by atoms with E-state index in [1.54, 1.807) is 13.2 Å². The van der Waals surface area contributed by atoms with Crippen LogP contribution in [0.2, 0.25) is 5.02 Å². The molecule has 1 aromatic carbocycles. The molecule has 0 atom stereocenters. The molecule has 1 aliphatic heterocycles. The monoisotopic (exact) mass is 256 g/mol. The number of ether oxygens (including phenoxy) is 3. The van der Waals surface area contributed by atoms with Crippen molar-refractivity contribution in [1.29, 1.82) is 0 Å². The Morgan fingerprint density at radius 2 is 2.24 bits per heavy atom. The molecule has 0 saturated carbocycles. The quantitative estimate of drug-likeness (QED) is 0.775. The second-order valence-corrected chi connectivity index (χ2v) is 3.98. The third-order valence-electron chi connectivity index (χ3n) is 2.56. The molecule has 92 valence electrons. The van der Waals surface area contributed by atoms with E-state index < -0.39 is 0 Å². The van der Waals surface area contributed by atoms with Crippen LogP contribution in [-0.4, -0.2) is 26.6 Å². The number of halogens is 1. The Morgan fingerprint density at radius 3 is 2.94 bits per heavy atom. The third-order valence-corrected chi connectivity index (χ3v) is 2.98. The Balaban J connectivity index is 2.47. The minimum absolute atomic E-state index is 0.392. The minimum Gasteiger partial charge on any atom is -0.495 e. The summed E-state index contributed by atoms with van der Waals surface area (Å²) in [6, 6.07) is 1.71. The lowest BCUT2D eigenvalue weighted by molar-refractivity contribution is -0.107. The average molecular weight is 257 g/mol. The number of benzene rings is 1. The van der Waals surface area contributed by atoms with Crippen molar-refractivity contribution in [3.63, 3.8) is 0 Å². The summed E-state index contributed by atoms with van der Waals surface area (Å²) in [5.41, 5.74) is 0.771. The normalized spacial score (nSPS) is 13.3. The summed E-state index contributed by atoms with van der Waals surface area (Å²) in [5.74, 6) is 1.79. The number of fused-ring (bicyclic) bond motifs is 1. The first-order valence-electron chi connectivity index (χ1n) is 5.36. The van der Waals surface area contributed by atoms with E-state index in [-0.39, 0.29) is 0 Å². The van der Waals surface area contributed by atoms with E-state index in [0.29, 0.717) is 48.3 Å². The number of hydrogen-bond acceptors (Lipinski definition) is 4. The number of rotatable bonds is 4. The molecule has 1 aliphatic rings. The molecule has 0 unspecified atom stereocenters. The summed E-state index contributed by atoms with van der Waals surface area (Å²) < 4.78 is 16.2. The Bertz CT molecular complexity index is 431. The molecule has 2 rings (SSSR count). The third kappa shape index (κ3) is 2.31. The van der Waals surface area contributed by atoms with Crippen LogP contribution in [0.1, 0.15) is 12.0 Å². The average Bonchev–Trinajstić information content (AvgIpc) is 2.37. The van der Waals surface area contributed by atoms with E-state index in [0.717, 1.165) is 11.8 Å². The first-order valence-corrected chi connectivity index (χ1v) is 5.74. The molecular weight excluding hydrogens is 244 g/mol. The zero-order valence-corrected chi connectivity index (χ0v) is 10.3. The molecule has 4 nitrogen and oxygen atoms in total. The highest BCUT2D eigenvalue weighted by Gasteiger charge is 2.22. The summed E-state index contributed by atoms with van der Waals surface area (Å²) in [4.78, 5) is 10.5. The van der Waals surface area contributed by atoms with Crippen LogP contribution >= 0.6 is 11.6 Å². The molecule has 0 aromatic heterocycles. The number of aldehydes is 1. The smallest absolute Gasteiger partial charge is 0.166 e. The van der Waals surface area contributed by atoms with Crippen LogP contribution in [0.5, 0.6) is 17.2 Å². The van der Waals surface area contributed by atoms with Crippen molar-refractivity contribution in [3.05, 3.63) is 16.7 Å².